The average molecular weight is 266 g/mol. The predicted molar refractivity (Wildman–Crippen MR) is 79.2 cm³/mol. The maximum Gasteiger partial charge on any atom is 0.216 e. The van der Waals surface area contributed by atoms with Crippen LogP contribution in [0.1, 0.15) is 89.3 Å². The summed E-state index contributed by atoms with van der Waals surface area (Å²) in [5, 5.41) is 7.85. The summed E-state index contributed by atoms with van der Waals surface area (Å²) < 4.78 is 5.35. The lowest BCUT2D eigenvalue weighted by atomic mass is 10.1. The number of hydrogen-bond acceptors (Lipinski definition) is 3. The molecule has 0 N–H and O–H groups in total. The lowest BCUT2D eigenvalue weighted by Crippen LogP contribution is -1.87. The molecule has 0 atom stereocenters. The van der Waals surface area contributed by atoms with Crippen molar-refractivity contribution in [2.75, 3.05) is 0 Å². The van der Waals surface area contributed by atoms with Gasteiger partial charge in [0.25, 0.3) is 0 Å². The summed E-state index contributed by atoms with van der Waals surface area (Å²) in [6.07, 6.45) is 16.0. The van der Waals surface area contributed by atoms with Crippen molar-refractivity contribution in [3.63, 3.8) is 0 Å². The zero-order valence-electron chi connectivity index (χ0n) is 12.8. The van der Waals surface area contributed by atoms with Crippen molar-refractivity contribution in [1.82, 2.24) is 10.2 Å². The summed E-state index contributed by atoms with van der Waals surface area (Å²) in [7, 11) is 0. The van der Waals surface area contributed by atoms with Gasteiger partial charge in [0.05, 0.1) is 0 Å². The smallest absolute Gasteiger partial charge is 0.216 e. The molecule has 0 fully saturated rings. The molecule has 0 unspecified atom stereocenters. The Labute approximate surface area is 118 Å². The molecule has 3 heteroatoms. The number of aromatic nitrogens is 2. The lowest BCUT2D eigenvalue weighted by molar-refractivity contribution is 0.454. The summed E-state index contributed by atoms with van der Waals surface area (Å²) in [4.78, 5) is 0. The number of unbranched alkanes of at least 4 members (excludes halogenated alkanes) is 10. The number of nitrogens with zero attached hydrogens (tertiary/aromatic N) is 2. The molecule has 0 bridgehead atoms. The maximum absolute atomic E-state index is 5.35. The predicted octanol–water partition coefficient (Wildman–Crippen LogP) is 5.23. The van der Waals surface area contributed by atoms with E-state index in [4.69, 9.17) is 4.42 Å². The molecule has 1 aromatic heterocycles. The largest absolute Gasteiger partial charge is 0.426 e. The number of hydrogen-bond donors (Lipinski definition) is 0. The Hall–Kier alpha value is -0.860. The first-order chi connectivity index (χ1) is 9.33. The van der Waals surface area contributed by atoms with Crippen molar-refractivity contribution >= 4 is 0 Å². The molecular formula is C16H30N2O. The number of rotatable bonds is 12. The molecule has 1 heterocycles. The monoisotopic (exact) mass is 266 g/mol. The Balaban J connectivity index is 1.79. The van der Waals surface area contributed by atoms with E-state index >= 15 is 0 Å². The topological polar surface area (TPSA) is 38.9 Å². The van der Waals surface area contributed by atoms with Gasteiger partial charge in [-0.1, -0.05) is 71.1 Å². The third-order valence-electron chi connectivity index (χ3n) is 3.56. The van der Waals surface area contributed by atoms with E-state index in [2.05, 4.69) is 17.1 Å². The van der Waals surface area contributed by atoms with Crippen molar-refractivity contribution < 1.29 is 4.42 Å². The molecule has 0 aliphatic heterocycles. The molecular weight excluding hydrogens is 236 g/mol. The van der Waals surface area contributed by atoms with E-state index in [0.29, 0.717) is 5.89 Å². The third kappa shape index (κ3) is 8.79. The molecule has 0 saturated carbocycles. The molecule has 0 saturated heterocycles. The normalized spacial score (nSPS) is 11.1. The van der Waals surface area contributed by atoms with Crippen LogP contribution < -0.4 is 0 Å². The highest BCUT2D eigenvalue weighted by atomic mass is 16.4. The van der Waals surface area contributed by atoms with E-state index in [1.54, 1.807) is 0 Å². The molecule has 3 nitrogen and oxygen atoms in total. The van der Waals surface area contributed by atoms with E-state index in [1.165, 1.54) is 70.6 Å². The Morgan fingerprint density at radius 2 is 1.26 bits per heavy atom. The van der Waals surface area contributed by atoms with Gasteiger partial charge in [-0.15, -0.1) is 10.2 Å². The fourth-order valence-electron chi connectivity index (χ4n) is 2.38. The molecule has 19 heavy (non-hydrogen) atoms. The van der Waals surface area contributed by atoms with Gasteiger partial charge in [-0.3, -0.25) is 0 Å². The third-order valence-corrected chi connectivity index (χ3v) is 3.56. The Kier molecular flexibility index (Phi) is 9.38. The zero-order chi connectivity index (χ0) is 13.8. The fraction of sp³-hybridized carbons (Fsp3) is 0.875. The van der Waals surface area contributed by atoms with Gasteiger partial charge in [0, 0.05) is 13.3 Å². The summed E-state index contributed by atoms with van der Waals surface area (Å²) in [5.74, 6) is 1.48. The van der Waals surface area contributed by atoms with Gasteiger partial charge in [-0.05, 0) is 6.42 Å². The minimum atomic E-state index is 0.679. The summed E-state index contributed by atoms with van der Waals surface area (Å²) in [5.41, 5.74) is 0. The second-order valence-corrected chi connectivity index (χ2v) is 5.50. The number of aryl methyl sites for hydroxylation is 2. The molecule has 0 aliphatic carbocycles. The van der Waals surface area contributed by atoms with Crippen LogP contribution in [0.5, 0.6) is 0 Å². The highest BCUT2D eigenvalue weighted by Gasteiger charge is 2.01. The minimum absolute atomic E-state index is 0.679. The highest BCUT2D eigenvalue weighted by molar-refractivity contribution is 4.78. The first-order valence-corrected chi connectivity index (χ1v) is 8.12. The van der Waals surface area contributed by atoms with Crippen LogP contribution in [-0.4, -0.2) is 10.2 Å². The van der Waals surface area contributed by atoms with Crippen LogP contribution >= 0.6 is 0 Å². The van der Waals surface area contributed by atoms with Gasteiger partial charge in [-0.25, -0.2) is 0 Å². The van der Waals surface area contributed by atoms with Crippen molar-refractivity contribution in [2.45, 2.75) is 90.9 Å². The second-order valence-electron chi connectivity index (χ2n) is 5.50. The van der Waals surface area contributed by atoms with Crippen LogP contribution in [0.15, 0.2) is 4.42 Å². The molecule has 1 aromatic rings. The quantitative estimate of drug-likeness (QED) is 0.486. The van der Waals surface area contributed by atoms with Gasteiger partial charge in [0.1, 0.15) is 0 Å². The molecule has 0 amide bonds. The SMILES string of the molecule is CCCCCCCCCCCCCc1nnc(C)o1. The minimum Gasteiger partial charge on any atom is -0.426 e. The molecule has 0 radical (unpaired) electrons. The molecule has 110 valence electrons. The fourth-order valence-corrected chi connectivity index (χ4v) is 2.38. The summed E-state index contributed by atoms with van der Waals surface area (Å²) in [6, 6.07) is 0. The van der Waals surface area contributed by atoms with Crippen molar-refractivity contribution in [3.05, 3.63) is 11.8 Å². The van der Waals surface area contributed by atoms with E-state index in [0.717, 1.165) is 12.3 Å². The van der Waals surface area contributed by atoms with E-state index in [9.17, 15) is 0 Å². The molecule has 0 aliphatic rings. The van der Waals surface area contributed by atoms with Gasteiger partial charge in [0.15, 0.2) is 0 Å². The van der Waals surface area contributed by atoms with Gasteiger partial charge < -0.3 is 4.42 Å². The van der Waals surface area contributed by atoms with Crippen molar-refractivity contribution in [3.8, 4) is 0 Å². The molecule has 0 spiro atoms. The Bertz CT molecular complexity index is 309. The lowest BCUT2D eigenvalue weighted by Gasteiger charge is -2.01. The molecule has 1 rings (SSSR count). The molecule has 0 aromatic carbocycles. The van der Waals surface area contributed by atoms with Crippen molar-refractivity contribution in [1.29, 1.82) is 0 Å². The second kappa shape index (κ2) is 11.0. The van der Waals surface area contributed by atoms with Crippen LogP contribution in [0.25, 0.3) is 0 Å². The van der Waals surface area contributed by atoms with Crippen LogP contribution in [0.2, 0.25) is 0 Å². The first-order valence-electron chi connectivity index (χ1n) is 8.12. The maximum atomic E-state index is 5.35. The van der Waals surface area contributed by atoms with Crippen LogP contribution in [0.3, 0.4) is 0 Å². The van der Waals surface area contributed by atoms with E-state index in [1.807, 2.05) is 6.92 Å². The van der Waals surface area contributed by atoms with Gasteiger partial charge in [-0.2, -0.15) is 0 Å². The van der Waals surface area contributed by atoms with E-state index < -0.39 is 0 Å². The summed E-state index contributed by atoms with van der Waals surface area (Å²) >= 11 is 0. The summed E-state index contributed by atoms with van der Waals surface area (Å²) in [6.45, 7) is 4.12. The Morgan fingerprint density at radius 3 is 1.74 bits per heavy atom. The van der Waals surface area contributed by atoms with Gasteiger partial charge in [0.2, 0.25) is 11.8 Å². The van der Waals surface area contributed by atoms with Crippen LogP contribution in [0, 0.1) is 6.92 Å². The Morgan fingerprint density at radius 1 is 0.737 bits per heavy atom. The average Bonchev–Trinajstić information content (AvgIpc) is 2.82. The zero-order valence-corrected chi connectivity index (χ0v) is 12.8. The van der Waals surface area contributed by atoms with Crippen LogP contribution in [0.4, 0.5) is 0 Å². The van der Waals surface area contributed by atoms with Crippen molar-refractivity contribution in [2.24, 2.45) is 0 Å². The van der Waals surface area contributed by atoms with Gasteiger partial charge >= 0.3 is 0 Å². The van der Waals surface area contributed by atoms with E-state index in [-0.39, 0.29) is 0 Å². The van der Waals surface area contributed by atoms with Crippen LogP contribution in [-0.2, 0) is 6.42 Å². The first kappa shape index (κ1) is 16.2. The highest BCUT2D eigenvalue weighted by Crippen LogP contribution is 2.12. The standard InChI is InChI=1S/C16H30N2O/c1-3-4-5-6-7-8-9-10-11-12-13-14-16-18-17-15(2)19-16/h3-14H2,1-2H3.